The number of anilines is 1. The molecule has 1 aromatic heterocycles. The molecule has 2 fully saturated rings. The zero-order chi connectivity index (χ0) is 10.3. The molecule has 0 spiro atoms. The molecular formula is C11H17N3O. The lowest BCUT2D eigenvalue weighted by Crippen LogP contribution is -2.20. The first kappa shape index (κ1) is 9.21. The van der Waals surface area contributed by atoms with E-state index in [1.54, 1.807) is 6.26 Å². The van der Waals surface area contributed by atoms with Crippen LogP contribution >= 0.6 is 0 Å². The van der Waals surface area contributed by atoms with E-state index >= 15 is 0 Å². The molecule has 1 aromatic rings. The third-order valence-electron chi connectivity index (χ3n) is 3.09. The second kappa shape index (κ2) is 3.52. The van der Waals surface area contributed by atoms with E-state index in [1.165, 1.54) is 25.7 Å². The summed E-state index contributed by atoms with van der Waals surface area (Å²) in [5.41, 5.74) is 1.02. The molecule has 3 rings (SSSR count). The summed E-state index contributed by atoms with van der Waals surface area (Å²) in [6.07, 6.45) is 6.94. The highest BCUT2D eigenvalue weighted by molar-refractivity contribution is 5.29. The Balaban J connectivity index is 1.58. The van der Waals surface area contributed by atoms with E-state index in [-0.39, 0.29) is 0 Å². The fourth-order valence-electron chi connectivity index (χ4n) is 1.69. The zero-order valence-corrected chi connectivity index (χ0v) is 9.07. The lowest BCUT2D eigenvalue weighted by atomic mass is 10.4. The fourth-order valence-corrected chi connectivity index (χ4v) is 1.69. The van der Waals surface area contributed by atoms with Crippen LogP contribution in [-0.2, 0) is 6.54 Å². The van der Waals surface area contributed by atoms with Crippen molar-refractivity contribution >= 4 is 6.01 Å². The van der Waals surface area contributed by atoms with Gasteiger partial charge in [-0.15, -0.1) is 0 Å². The molecule has 4 heteroatoms. The molecular weight excluding hydrogens is 190 g/mol. The van der Waals surface area contributed by atoms with Gasteiger partial charge in [0, 0.05) is 25.7 Å². The number of rotatable bonds is 5. The lowest BCUT2D eigenvalue weighted by molar-refractivity contribution is 0.542. The Labute approximate surface area is 89.7 Å². The van der Waals surface area contributed by atoms with Crippen LogP contribution in [0.15, 0.2) is 10.7 Å². The molecule has 2 saturated carbocycles. The van der Waals surface area contributed by atoms with Crippen LogP contribution in [0.1, 0.15) is 31.4 Å². The Morgan fingerprint density at radius 3 is 2.93 bits per heavy atom. The van der Waals surface area contributed by atoms with E-state index in [1.807, 2.05) is 0 Å². The summed E-state index contributed by atoms with van der Waals surface area (Å²) in [6.45, 7) is 0.840. The maximum atomic E-state index is 5.46. The highest BCUT2D eigenvalue weighted by Crippen LogP contribution is 2.29. The van der Waals surface area contributed by atoms with Crippen LogP contribution in [0.4, 0.5) is 6.01 Å². The molecule has 0 aromatic carbocycles. The van der Waals surface area contributed by atoms with Crippen molar-refractivity contribution in [2.24, 2.45) is 0 Å². The quantitative estimate of drug-likeness (QED) is 0.795. The van der Waals surface area contributed by atoms with E-state index in [2.05, 4.69) is 22.2 Å². The topological polar surface area (TPSA) is 41.3 Å². The molecule has 0 aliphatic heterocycles. The number of hydrogen-bond acceptors (Lipinski definition) is 4. The van der Waals surface area contributed by atoms with Gasteiger partial charge in [-0.1, -0.05) is 0 Å². The minimum absolute atomic E-state index is 0.660. The van der Waals surface area contributed by atoms with E-state index in [0.717, 1.165) is 24.3 Å². The van der Waals surface area contributed by atoms with Gasteiger partial charge in [-0.2, -0.15) is 4.98 Å². The standard InChI is InChI=1S/C11H17N3O/c1-14(10-4-5-10)11-13-9(7-15-11)6-12-8-2-3-8/h7-8,10,12H,2-6H2,1H3. The van der Waals surface area contributed by atoms with Crippen LogP contribution in [0.5, 0.6) is 0 Å². The summed E-state index contributed by atoms with van der Waals surface area (Å²) >= 11 is 0. The first-order chi connectivity index (χ1) is 7.33. The van der Waals surface area contributed by atoms with Crippen LogP contribution < -0.4 is 10.2 Å². The molecule has 0 amide bonds. The van der Waals surface area contributed by atoms with E-state index < -0.39 is 0 Å². The van der Waals surface area contributed by atoms with E-state index in [4.69, 9.17) is 4.42 Å². The maximum Gasteiger partial charge on any atom is 0.297 e. The van der Waals surface area contributed by atoms with Crippen LogP contribution in [0.25, 0.3) is 0 Å². The summed E-state index contributed by atoms with van der Waals surface area (Å²) in [7, 11) is 2.06. The molecule has 0 saturated heterocycles. The van der Waals surface area contributed by atoms with Crippen LogP contribution in [0, 0.1) is 0 Å². The minimum Gasteiger partial charge on any atom is -0.432 e. The van der Waals surface area contributed by atoms with Crippen molar-refractivity contribution in [2.75, 3.05) is 11.9 Å². The fraction of sp³-hybridized carbons (Fsp3) is 0.727. The van der Waals surface area contributed by atoms with Crippen molar-refractivity contribution in [2.45, 2.75) is 44.3 Å². The van der Waals surface area contributed by atoms with Crippen molar-refractivity contribution in [3.05, 3.63) is 12.0 Å². The van der Waals surface area contributed by atoms with Crippen LogP contribution in [0.3, 0.4) is 0 Å². The molecule has 2 aliphatic carbocycles. The van der Waals surface area contributed by atoms with Crippen LogP contribution in [-0.4, -0.2) is 24.1 Å². The summed E-state index contributed by atoms with van der Waals surface area (Å²) in [5.74, 6) is 0. The second-order valence-corrected chi connectivity index (χ2v) is 4.62. The van der Waals surface area contributed by atoms with Gasteiger partial charge in [0.1, 0.15) is 6.26 Å². The Morgan fingerprint density at radius 2 is 2.27 bits per heavy atom. The summed E-state index contributed by atoms with van der Waals surface area (Å²) < 4.78 is 5.46. The van der Waals surface area contributed by atoms with E-state index in [0.29, 0.717) is 6.04 Å². The minimum atomic E-state index is 0.660. The molecule has 82 valence electrons. The van der Waals surface area contributed by atoms with Gasteiger partial charge in [-0.3, -0.25) is 0 Å². The predicted molar refractivity (Wildman–Crippen MR) is 57.8 cm³/mol. The average Bonchev–Trinajstić information content (AvgIpc) is 3.13. The SMILES string of the molecule is CN(c1nc(CNC2CC2)co1)C1CC1. The summed E-state index contributed by atoms with van der Waals surface area (Å²) in [4.78, 5) is 6.61. The highest BCUT2D eigenvalue weighted by atomic mass is 16.4. The Bertz CT molecular complexity index is 341. The number of hydrogen-bond donors (Lipinski definition) is 1. The van der Waals surface area contributed by atoms with Gasteiger partial charge < -0.3 is 14.6 Å². The third kappa shape index (κ3) is 2.15. The molecule has 2 aliphatic rings. The number of nitrogens with one attached hydrogen (secondary N) is 1. The van der Waals surface area contributed by atoms with Gasteiger partial charge in [-0.05, 0) is 25.7 Å². The average molecular weight is 207 g/mol. The van der Waals surface area contributed by atoms with Crippen molar-refractivity contribution in [3.8, 4) is 0 Å². The van der Waals surface area contributed by atoms with Gasteiger partial charge in [0.05, 0.1) is 5.69 Å². The smallest absolute Gasteiger partial charge is 0.297 e. The van der Waals surface area contributed by atoms with Crippen molar-refractivity contribution < 1.29 is 4.42 Å². The van der Waals surface area contributed by atoms with Gasteiger partial charge >= 0.3 is 0 Å². The molecule has 15 heavy (non-hydrogen) atoms. The number of aromatic nitrogens is 1. The monoisotopic (exact) mass is 207 g/mol. The van der Waals surface area contributed by atoms with E-state index in [9.17, 15) is 0 Å². The second-order valence-electron chi connectivity index (χ2n) is 4.62. The third-order valence-corrected chi connectivity index (χ3v) is 3.09. The van der Waals surface area contributed by atoms with Gasteiger partial charge in [0.25, 0.3) is 6.01 Å². The molecule has 0 radical (unpaired) electrons. The zero-order valence-electron chi connectivity index (χ0n) is 9.07. The maximum absolute atomic E-state index is 5.46. The number of oxazole rings is 1. The molecule has 0 unspecified atom stereocenters. The summed E-state index contributed by atoms with van der Waals surface area (Å²) in [6, 6.07) is 2.16. The van der Waals surface area contributed by atoms with Gasteiger partial charge in [0.15, 0.2) is 0 Å². The summed E-state index contributed by atoms with van der Waals surface area (Å²) in [5, 5.41) is 3.43. The Morgan fingerprint density at radius 1 is 1.47 bits per heavy atom. The number of nitrogens with zero attached hydrogens (tertiary/aromatic N) is 2. The van der Waals surface area contributed by atoms with Gasteiger partial charge in [-0.25, -0.2) is 0 Å². The first-order valence-corrected chi connectivity index (χ1v) is 5.73. The normalized spacial score (nSPS) is 20.6. The van der Waals surface area contributed by atoms with Crippen molar-refractivity contribution in [3.63, 3.8) is 0 Å². The Hall–Kier alpha value is -1.03. The molecule has 0 bridgehead atoms. The molecule has 1 heterocycles. The lowest BCUT2D eigenvalue weighted by Gasteiger charge is -2.11. The van der Waals surface area contributed by atoms with Crippen molar-refractivity contribution in [1.82, 2.24) is 10.3 Å². The largest absolute Gasteiger partial charge is 0.432 e. The first-order valence-electron chi connectivity index (χ1n) is 5.73. The van der Waals surface area contributed by atoms with Gasteiger partial charge in [0.2, 0.25) is 0 Å². The van der Waals surface area contributed by atoms with Crippen molar-refractivity contribution in [1.29, 1.82) is 0 Å². The molecule has 1 N–H and O–H groups in total. The highest BCUT2D eigenvalue weighted by Gasteiger charge is 2.29. The molecule has 0 atom stereocenters. The van der Waals surface area contributed by atoms with Crippen LogP contribution in [0.2, 0.25) is 0 Å². The predicted octanol–water partition coefficient (Wildman–Crippen LogP) is 1.53. The molecule has 4 nitrogen and oxygen atoms in total. The Kier molecular flexibility index (Phi) is 2.16.